The van der Waals surface area contributed by atoms with E-state index in [9.17, 15) is 9.59 Å². The third kappa shape index (κ3) is 3.23. The minimum atomic E-state index is -1.19. The van der Waals surface area contributed by atoms with E-state index >= 15 is 0 Å². The predicted molar refractivity (Wildman–Crippen MR) is 115 cm³/mol. The number of fused-ring (bicyclic) bond motifs is 1. The molecule has 156 valence electrons. The molecule has 1 unspecified atom stereocenters. The number of nitrogens with one attached hydrogen (secondary N) is 1. The summed E-state index contributed by atoms with van der Waals surface area (Å²) in [5.74, 6) is 1.01. The maximum Gasteiger partial charge on any atom is 0.325 e. The van der Waals surface area contributed by atoms with Gasteiger partial charge in [0.2, 0.25) is 11.7 Å². The van der Waals surface area contributed by atoms with Crippen LogP contribution in [0.3, 0.4) is 0 Å². The number of hydrogen-bond donors (Lipinski definition) is 1. The Balaban J connectivity index is 1.42. The van der Waals surface area contributed by atoms with Crippen molar-refractivity contribution in [2.75, 3.05) is 7.11 Å². The van der Waals surface area contributed by atoms with Crippen molar-refractivity contribution in [3.8, 4) is 16.5 Å². The molecule has 2 aromatic heterocycles. The molecule has 8 nitrogen and oxygen atoms in total. The number of methoxy groups -OCH3 is 1. The number of rotatable bonds is 5. The van der Waals surface area contributed by atoms with Crippen molar-refractivity contribution in [2.24, 2.45) is 0 Å². The highest BCUT2D eigenvalue weighted by molar-refractivity contribution is 7.13. The molecule has 1 N–H and O–H groups in total. The minimum Gasteiger partial charge on any atom is -0.497 e. The van der Waals surface area contributed by atoms with E-state index in [4.69, 9.17) is 9.26 Å². The molecule has 0 aliphatic carbocycles. The van der Waals surface area contributed by atoms with Gasteiger partial charge in [-0.05, 0) is 52.9 Å². The van der Waals surface area contributed by atoms with Crippen molar-refractivity contribution in [3.05, 3.63) is 65.4 Å². The van der Waals surface area contributed by atoms with Crippen LogP contribution in [0.4, 0.5) is 4.79 Å². The fourth-order valence-corrected chi connectivity index (χ4v) is 4.31. The molecule has 4 aromatic rings. The Bertz CT molecular complexity index is 1300. The van der Waals surface area contributed by atoms with Crippen LogP contribution in [0.5, 0.6) is 5.75 Å². The first-order chi connectivity index (χ1) is 15.0. The fourth-order valence-electron chi connectivity index (χ4n) is 3.66. The first-order valence-corrected chi connectivity index (χ1v) is 10.4. The van der Waals surface area contributed by atoms with E-state index in [0.29, 0.717) is 11.4 Å². The van der Waals surface area contributed by atoms with E-state index in [2.05, 4.69) is 15.5 Å². The van der Waals surface area contributed by atoms with Gasteiger partial charge in [-0.25, -0.2) is 4.79 Å². The Hall–Kier alpha value is -3.72. The van der Waals surface area contributed by atoms with Gasteiger partial charge in [-0.2, -0.15) is 4.98 Å². The topological polar surface area (TPSA) is 97.6 Å². The number of benzene rings is 2. The standard InChI is InChI=1S/C22H18N4O4S/c1-22(15-7-5-14-11-16(29-2)8-6-13(14)10-15)20(27)26(21(28)24-22)12-18-23-19(25-30-18)17-4-3-9-31-17/h3-11H,12H2,1-2H3,(H,24,28). The van der Waals surface area contributed by atoms with E-state index in [-0.39, 0.29) is 18.3 Å². The highest BCUT2D eigenvalue weighted by Crippen LogP contribution is 2.33. The second kappa shape index (κ2) is 7.21. The molecule has 1 aliphatic heterocycles. The van der Waals surface area contributed by atoms with Gasteiger partial charge in [0.25, 0.3) is 5.91 Å². The molecule has 1 fully saturated rings. The molecule has 0 radical (unpaired) electrons. The molecule has 2 aromatic carbocycles. The summed E-state index contributed by atoms with van der Waals surface area (Å²) in [6, 6.07) is 14.6. The number of thiophene rings is 1. The molecular weight excluding hydrogens is 416 g/mol. The van der Waals surface area contributed by atoms with Crippen molar-refractivity contribution in [1.29, 1.82) is 0 Å². The zero-order valence-electron chi connectivity index (χ0n) is 16.8. The lowest BCUT2D eigenvalue weighted by Gasteiger charge is -2.22. The molecule has 0 spiro atoms. The van der Waals surface area contributed by atoms with Crippen LogP contribution in [0.2, 0.25) is 0 Å². The molecule has 1 saturated heterocycles. The molecule has 0 bridgehead atoms. The van der Waals surface area contributed by atoms with E-state index < -0.39 is 11.6 Å². The number of carbonyl (C=O) groups excluding carboxylic acids is 2. The summed E-state index contributed by atoms with van der Waals surface area (Å²) < 4.78 is 10.5. The van der Waals surface area contributed by atoms with E-state index in [1.807, 2.05) is 53.9 Å². The Morgan fingerprint density at radius 2 is 1.97 bits per heavy atom. The molecule has 1 aliphatic rings. The van der Waals surface area contributed by atoms with Gasteiger partial charge in [-0.15, -0.1) is 11.3 Å². The smallest absolute Gasteiger partial charge is 0.325 e. The van der Waals surface area contributed by atoms with Gasteiger partial charge >= 0.3 is 6.03 Å². The number of urea groups is 1. The third-order valence-electron chi connectivity index (χ3n) is 5.40. The summed E-state index contributed by atoms with van der Waals surface area (Å²) in [6.07, 6.45) is 0. The lowest BCUT2D eigenvalue weighted by molar-refractivity contribution is -0.131. The fraction of sp³-hybridized carbons (Fsp3) is 0.182. The van der Waals surface area contributed by atoms with Crippen LogP contribution >= 0.6 is 11.3 Å². The average Bonchev–Trinajstić information content (AvgIpc) is 3.51. The zero-order valence-corrected chi connectivity index (χ0v) is 17.6. The predicted octanol–water partition coefficient (Wildman–Crippen LogP) is 3.93. The summed E-state index contributed by atoms with van der Waals surface area (Å²) >= 11 is 1.48. The summed E-state index contributed by atoms with van der Waals surface area (Å²) in [4.78, 5) is 32.2. The first-order valence-electron chi connectivity index (χ1n) is 9.57. The number of aromatic nitrogens is 2. The normalized spacial score (nSPS) is 18.6. The Morgan fingerprint density at radius 1 is 1.16 bits per heavy atom. The highest BCUT2D eigenvalue weighted by atomic mass is 32.1. The quantitative estimate of drug-likeness (QED) is 0.478. The van der Waals surface area contributed by atoms with Gasteiger partial charge in [0.1, 0.15) is 17.8 Å². The van der Waals surface area contributed by atoms with Crippen molar-refractivity contribution >= 4 is 34.0 Å². The van der Waals surface area contributed by atoms with Crippen molar-refractivity contribution in [1.82, 2.24) is 20.4 Å². The zero-order chi connectivity index (χ0) is 21.6. The average molecular weight is 434 g/mol. The van der Waals surface area contributed by atoms with Gasteiger partial charge in [-0.3, -0.25) is 9.69 Å². The van der Waals surface area contributed by atoms with Crippen molar-refractivity contribution < 1.29 is 18.8 Å². The SMILES string of the molecule is COc1ccc2cc(C3(C)NC(=O)N(Cc4nc(-c5cccs5)no4)C3=O)ccc2c1. The Labute approximate surface area is 181 Å². The van der Waals surface area contributed by atoms with E-state index in [0.717, 1.165) is 26.3 Å². The van der Waals surface area contributed by atoms with Gasteiger partial charge in [0, 0.05) is 0 Å². The van der Waals surface area contributed by atoms with Crippen LogP contribution in [0.25, 0.3) is 21.5 Å². The number of imide groups is 1. The van der Waals surface area contributed by atoms with Crippen LogP contribution in [-0.2, 0) is 16.9 Å². The molecule has 1 atom stereocenters. The first kappa shape index (κ1) is 19.3. The maximum absolute atomic E-state index is 13.2. The van der Waals surface area contributed by atoms with E-state index in [1.165, 1.54) is 11.3 Å². The molecule has 3 heterocycles. The molecular formula is C22H18N4O4S. The lowest BCUT2D eigenvalue weighted by atomic mass is 9.90. The molecule has 31 heavy (non-hydrogen) atoms. The second-order valence-electron chi connectivity index (χ2n) is 7.36. The molecule has 3 amide bonds. The van der Waals surface area contributed by atoms with Crippen LogP contribution in [0, 0.1) is 0 Å². The number of ether oxygens (including phenoxy) is 1. The number of carbonyl (C=O) groups is 2. The number of nitrogens with zero attached hydrogens (tertiary/aromatic N) is 3. The minimum absolute atomic E-state index is 0.0938. The summed E-state index contributed by atoms with van der Waals surface area (Å²) in [5.41, 5.74) is -0.502. The third-order valence-corrected chi connectivity index (χ3v) is 6.27. The van der Waals surface area contributed by atoms with Gasteiger partial charge in [-0.1, -0.05) is 29.4 Å². The molecule has 9 heteroatoms. The van der Waals surface area contributed by atoms with Crippen LogP contribution < -0.4 is 10.1 Å². The summed E-state index contributed by atoms with van der Waals surface area (Å²) in [7, 11) is 1.62. The lowest BCUT2D eigenvalue weighted by Crippen LogP contribution is -2.40. The highest BCUT2D eigenvalue weighted by Gasteiger charge is 2.49. The molecule has 5 rings (SSSR count). The monoisotopic (exact) mass is 434 g/mol. The number of amides is 3. The summed E-state index contributed by atoms with van der Waals surface area (Å²) in [6.45, 7) is 1.60. The molecule has 0 saturated carbocycles. The Morgan fingerprint density at radius 3 is 2.74 bits per heavy atom. The Kier molecular flexibility index (Phi) is 4.48. The largest absolute Gasteiger partial charge is 0.497 e. The van der Waals surface area contributed by atoms with Gasteiger partial charge in [0.15, 0.2) is 0 Å². The maximum atomic E-state index is 13.2. The van der Waals surface area contributed by atoms with Gasteiger partial charge < -0.3 is 14.6 Å². The van der Waals surface area contributed by atoms with Crippen LogP contribution in [0.15, 0.2) is 58.4 Å². The van der Waals surface area contributed by atoms with Crippen molar-refractivity contribution in [2.45, 2.75) is 19.0 Å². The van der Waals surface area contributed by atoms with Crippen LogP contribution in [0.1, 0.15) is 18.4 Å². The second-order valence-corrected chi connectivity index (χ2v) is 8.31. The van der Waals surface area contributed by atoms with Gasteiger partial charge in [0.05, 0.1) is 12.0 Å². The van der Waals surface area contributed by atoms with Crippen LogP contribution in [-0.4, -0.2) is 34.1 Å². The van der Waals surface area contributed by atoms with Crippen molar-refractivity contribution in [3.63, 3.8) is 0 Å². The number of hydrogen-bond acceptors (Lipinski definition) is 7. The summed E-state index contributed by atoms with van der Waals surface area (Å²) in [5, 5.41) is 10.6. The van der Waals surface area contributed by atoms with E-state index in [1.54, 1.807) is 14.0 Å².